The Hall–Kier alpha value is -0.0800. The monoisotopic (exact) mass is 131 g/mol. The van der Waals surface area contributed by atoms with Crippen LogP contribution in [-0.2, 0) is 9.47 Å². The molecule has 1 radical (unpaired) electrons. The van der Waals surface area contributed by atoms with Crippen molar-refractivity contribution in [2.24, 2.45) is 5.92 Å². The third-order valence-corrected chi connectivity index (χ3v) is 0.834. The van der Waals surface area contributed by atoms with Crippen LogP contribution in [0.25, 0.3) is 0 Å². The molecule has 0 aromatic carbocycles. The van der Waals surface area contributed by atoms with E-state index >= 15 is 0 Å². The third kappa shape index (κ3) is 7.92. The van der Waals surface area contributed by atoms with Crippen LogP contribution in [0.1, 0.15) is 6.92 Å². The molecule has 0 heterocycles. The standard InChI is InChI=1S/C7H15O2/c1-7(2)6-9-5-4-8-3/h7H,1,4-6H2,2-3H3. The van der Waals surface area contributed by atoms with Crippen LogP contribution in [0.5, 0.6) is 0 Å². The van der Waals surface area contributed by atoms with E-state index in [0.29, 0.717) is 19.1 Å². The van der Waals surface area contributed by atoms with Crippen LogP contribution in [0.2, 0.25) is 0 Å². The van der Waals surface area contributed by atoms with Crippen molar-refractivity contribution < 1.29 is 9.47 Å². The molecule has 0 bridgehead atoms. The highest BCUT2D eigenvalue weighted by Crippen LogP contribution is 1.90. The molecular formula is C7H15O2. The van der Waals surface area contributed by atoms with Crippen molar-refractivity contribution in [3.8, 4) is 0 Å². The second kappa shape index (κ2) is 6.05. The minimum absolute atomic E-state index is 0.377. The van der Waals surface area contributed by atoms with Crippen LogP contribution < -0.4 is 0 Å². The fourth-order valence-corrected chi connectivity index (χ4v) is 0.427. The van der Waals surface area contributed by atoms with E-state index in [-0.39, 0.29) is 0 Å². The summed E-state index contributed by atoms with van der Waals surface area (Å²) < 4.78 is 9.93. The van der Waals surface area contributed by atoms with Gasteiger partial charge in [0, 0.05) is 13.7 Å². The van der Waals surface area contributed by atoms with Gasteiger partial charge in [-0.1, -0.05) is 6.92 Å². The minimum Gasteiger partial charge on any atom is -0.382 e. The summed E-state index contributed by atoms with van der Waals surface area (Å²) >= 11 is 0. The number of methoxy groups -OCH3 is 1. The Labute approximate surface area is 57.2 Å². The van der Waals surface area contributed by atoms with E-state index in [4.69, 9.17) is 9.47 Å². The first-order valence-electron chi connectivity index (χ1n) is 3.17. The fourth-order valence-electron chi connectivity index (χ4n) is 0.427. The van der Waals surface area contributed by atoms with Crippen molar-refractivity contribution in [1.29, 1.82) is 0 Å². The quantitative estimate of drug-likeness (QED) is 0.520. The van der Waals surface area contributed by atoms with Crippen LogP contribution in [0.4, 0.5) is 0 Å². The lowest BCUT2D eigenvalue weighted by molar-refractivity contribution is 0.0608. The van der Waals surface area contributed by atoms with Gasteiger partial charge in [-0.3, -0.25) is 0 Å². The van der Waals surface area contributed by atoms with E-state index in [2.05, 4.69) is 6.92 Å². The van der Waals surface area contributed by atoms with Gasteiger partial charge in [-0.25, -0.2) is 0 Å². The summed E-state index contributed by atoms with van der Waals surface area (Å²) in [6, 6.07) is 0. The first-order chi connectivity index (χ1) is 4.27. The van der Waals surface area contributed by atoms with Gasteiger partial charge in [0.05, 0.1) is 13.2 Å². The van der Waals surface area contributed by atoms with Gasteiger partial charge >= 0.3 is 0 Å². The molecule has 0 N–H and O–H groups in total. The van der Waals surface area contributed by atoms with E-state index in [1.165, 1.54) is 0 Å². The van der Waals surface area contributed by atoms with E-state index in [9.17, 15) is 0 Å². The van der Waals surface area contributed by atoms with Crippen LogP contribution in [0, 0.1) is 12.8 Å². The molecule has 0 aromatic heterocycles. The SMILES string of the molecule is [CH2]C(C)COCCOC. The van der Waals surface area contributed by atoms with Gasteiger partial charge in [0.2, 0.25) is 0 Å². The van der Waals surface area contributed by atoms with Crippen molar-refractivity contribution in [2.75, 3.05) is 26.9 Å². The molecule has 0 saturated heterocycles. The van der Waals surface area contributed by atoms with E-state index in [1.54, 1.807) is 7.11 Å². The van der Waals surface area contributed by atoms with Crippen molar-refractivity contribution in [3.63, 3.8) is 0 Å². The summed E-state index contributed by atoms with van der Waals surface area (Å²) in [5.74, 6) is 0.377. The van der Waals surface area contributed by atoms with Crippen molar-refractivity contribution in [1.82, 2.24) is 0 Å². The lowest BCUT2D eigenvalue weighted by Gasteiger charge is -2.04. The predicted molar refractivity (Wildman–Crippen MR) is 37.2 cm³/mol. The van der Waals surface area contributed by atoms with Gasteiger partial charge in [-0.05, 0) is 12.8 Å². The second-order valence-corrected chi connectivity index (χ2v) is 2.17. The maximum atomic E-state index is 5.15. The molecule has 0 saturated carbocycles. The summed E-state index contributed by atoms with van der Waals surface area (Å²) in [6.07, 6.45) is 0. The van der Waals surface area contributed by atoms with Crippen LogP contribution in [0.3, 0.4) is 0 Å². The Morgan fingerprint density at radius 3 is 2.56 bits per heavy atom. The summed E-state index contributed by atoms with van der Waals surface area (Å²) in [6.45, 7) is 7.87. The van der Waals surface area contributed by atoms with E-state index in [0.717, 1.165) is 6.61 Å². The first kappa shape index (κ1) is 8.92. The third-order valence-electron chi connectivity index (χ3n) is 0.834. The summed E-state index contributed by atoms with van der Waals surface area (Å²) in [5, 5.41) is 0. The molecule has 0 amide bonds. The Kier molecular flexibility index (Phi) is 5.99. The molecule has 1 atom stereocenters. The first-order valence-corrected chi connectivity index (χ1v) is 3.17. The van der Waals surface area contributed by atoms with Gasteiger partial charge in [-0.15, -0.1) is 0 Å². The maximum Gasteiger partial charge on any atom is 0.0700 e. The molecular weight excluding hydrogens is 116 g/mol. The average molecular weight is 131 g/mol. The van der Waals surface area contributed by atoms with Gasteiger partial charge in [-0.2, -0.15) is 0 Å². The van der Waals surface area contributed by atoms with Gasteiger partial charge in [0.1, 0.15) is 0 Å². The molecule has 1 unspecified atom stereocenters. The largest absolute Gasteiger partial charge is 0.382 e. The molecule has 0 fully saturated rings. The zero-order chi connectivity index (χ0) is 7.11. The average Bonchev–Trinajstić information content (AvgIpc) is 1.80. The highest BCUT2D eigenvalue weighted by Gasteiger charge is 1.91. The minimum atomic E-state index is 0.377. The molecule has 0 aromatic rings. The van der Waals surface area contributed by atoms with Crippen LogP contribution >= 0.6 is 0 Å². The molecule has 0 spiro atoms. The zero-order valence-corrected chi connectivity index (χ0v) is 6.22. The summed E-state index contributed by atoms with van der Waals surface area (Å²) in [5.41, 5.74) is 0. The Balaban J connectivity index is 2.75. The van der Waals surface area contributed by atoms with Gasteiger partial charge in [0.15, 0.2) is 0 Å². The number of rotatable bonds is 5. The highest BCUT2D eigenvalue weighted by molar-refractivity contribution is 4.49. The zero-order valence-electron chi connectivity index (χ0n) is 6.22. The van der Waals surface area contributed by atoms with E-state index < -0.39 is 0 Å². The molecule has 0 rings (SSSR count). The van der Waals surface area contributed by atoms with Gasteiger partial charge < -0.3 is 9.47 Å². The Morgan fingerprint density at radius 2 is 2.11 bits per heavy atom. The molecule has 0 aliphatic rings. The van der Waals surface area contributed by atoms with Crippen molar-refractivity contribution >= 4 is 0 Å². The van der Waals surface area contributed by atoms with Crippen LogP contribution in [-0.4, -0.2) is 26.9 Å². The number of hydrogen-bond acceptors (Lipinski definition) is 2. The molecule has 9 heavy (non-hydrogen) atoms. The molecule has 55 valence electrons. The topological polar surface area (TPSA) is 18.5 Å². The number of hydrogen-bond donors (Lipinski definition) is 0. The molecule has 2 heteroatoms. The van der Waals surface area contributed by atoms with E-state index in [1.807, 2.05) is 6.92 Å². The Bertz CT molecular complexity index is 52.9. The lowest BCUT2D eigenvalue weighted by atomic mass is 10.2. The smallest absolute Gasteiger partial charge is 0.0700 e. The summed E-state index contributed by atoms with van der Waals surface area (Å²) in [7, 11) is 1.66. The fraction of sp³-hybridized carbons (Fsp3) is 0.857. The van der Waals surface area contributed by atoms with Gasteiger partial charge in [0.25, 0.3) is 0 Å². The second-order valence-electron chi connectivity index (χ2n) is 2.17. The molecule has 2 nitrogen and oxygen atoms in total. The Morgan fingerprint density at radius 1 is 1.44 bits per heavy atom. The van der Waals surface area contributed by atoms with Crippen molar-refractivity contribution in [2.45, 2.75) is 6.92 Å². The molecule has 0 aliphatic carbocycles. The summed E-state index contributed by atoms with van der Waals surface area (Å²) in [4.78, 5) is 0. The highest BCUT2D eigenvalue weighted by atomic mass is 16.5. The lowest BCUT2D eigenvalue weighted by Crippen LogP contribution is -2.06. The normalized spacial score (nSPS) is 10.7. The predicted octanol–water partition coefficient (Wildman–Crippen LogP) is 1.12. The van der Waals surface area contributed by atoms with Crippen LogP contribution in [0.15, 0.2) is 0 Å². The van der Waals surface area contributed by atoms with Crippen molar-refractivity contribution in [3.05, 3.63) is 6.92 Å². The molecule has 0 aliphatic heterocycles. The number of ether oxygens (including phenoxy) is 2. The maximum absolute atomic E-state index is 5.15.